The Bertz CT molecular complexity index is 1420. The molecule has 0 bridgehead atoms. The zero-order valence-electron chi connectivity index (χ0n) is 19.3. The molecule has 0 saturated heterocycles. The summed E-state index contributed by atoms with van der Waals surface area (Å²) in [5.74, 6) is -2.22. The van der Waals surface area contributed by atoms with Crippen LogP contribution in [-0.2, 0) is 22.4 Å². The van der Waals surface area contributed by atoms with Crippen LogP contribution in [0.25, 0.3) is 0 Å². The molecule has 4 rings (SSSR count). The maximum atomic E-state index is 12.6. The number of benzene rings is 2. The first-order chi connectivity index (χ1) is 17.4. The number of carbonyl (C=O) groups is 3. The maximum absolute atomic E-state index is 12.6. The van der Waals surface area contributed by atoms with Crippen molar-refractivity contribution < 1.29 is 19.1 Å². The highest BCUT2D eigenvalue weighted by Crippen LogP contribution is 2.37. The standard InChI is InChI=1S/C26H21BrN4O4S/c1-15-5-4-6-16(11-15)26(34)35-21-10-9-18(27)12-17(21)14-29-31-24(33)23(32)30-25-20(13-28)19-7-2-3-8-22(19)36-25/h4-6,9-12,14H,2-3,7-8H2,1H3,(H,30,32)(H,31,33)/b29-14+. The molecule has 10 heteroatoms. The van der Waals surface area contributed by atoms with Gasteiger partial charge in [0.15, 0.2) is 0 Å². The van der Waals surface area contributed by atoms with E-state index in [2.05, 4.69) is 37.8 Å². The van der Waals surface area contributed by atoms with Crippen molar-refractivity contribution >= 4 is 56.3 Å². The Morgan fingerprint density at radius 3 is 2.72 bits per heavy atom. The molecule has 3 aromatic rings. The molecule has 1 aliphatic rings. The predicted molar refractivity (Wildman–Crippen MR) is 140 cm³/mol. The number of fused-ring (bicyclic) bond motifs is 1. The second-order valence-electron chi connectivity index (χ2n) is 8.12. The van der Waals surface area contributed by atoms with Gasteiger partial charge in [-0.2, -0.15) is 10.4 Å². The number of ether oxygens (including phenoxy) is 1. The molecule has 182 valence electrons. The number of hydrogen-bond donors (Lipinski definition) is 2. The number of carbonyl (C=O) groups excluding carboxylic acids is 3. The molecule has 0 spiro atoms. The van der Waals surface area contributed by atoms with Crippen LogP contribution < -0.4 is 15.5 Å². The molecular formula is C26H21BrN4O4S. The second-order valence-corrected chi connectivity index (χ2v) is 10.1. The molecule has 0 aliphatic heterocycles. The quantitative estimate of drug-likeness (QED) is 0.150. The van der Waals surface area contributed by atoms with E-state index < -0.39 is 17.8 Å². The smallest absolute Gasteiger partial charge is 0.343 e. The lowest BCUT2D eigenvalue weighted by Gasteiger charge is -2.09. The van der Waals surface area contributed by atoms with Crippen molar-refractivity contribution in [3.8, 4) is 11.8 Å². The number of thiophene rings is 1. The molecule has 2 aromatic carbocycles. The molecule has 0 fully saturated rings. The highest BCUT2D eigenvalue weighted by Gasteiger charge is 2.23. The Morgan fingerprint density at radius 1 is 1.14 bits per heavy atom. The molecule has 1 aromatic heterocycles. The number of halogens is 1. The van der Waals surface area contributed by atoms with Crippen molar-refractivity contribution in [1.82, 2.24) is 5.43 Å². The van der Waals surface area contributed by atoms with Crippen molar-refractivity contribution in [2.75, 3.05) is 5.32 Å². The van der Waals surface area contributed by atoms with E-state index in [-0.39, 0.29) is 5.75 Å². The minimum absolute atomic E-state index is 0.231. The first-order valence-corrected chi connectivity index (χ1v) is 12.7. The summed E-state index contributed by atoms with van der Waals surface area (Å²) in [5, 5.41) is 16.3. The Hall–Kier alpha value is -3.81. The van der Waals surface area contributed by atoms with Crippen LogP contribution >= 0.6 is 27.3 Å². The van der Waals surface area contributed by atoms with Crippen LogP contribution in [0.3, 0.4) is 0 Å². The lowest BCUT2D eigenvalue weighted by Crippen LogP contribution is -2.32. The van der Waals surface area contributed by atoms with E-state index >= 15 is 0 Å². The fourth-order valence-electron chi connectivity index (χ4n) is 3.79. The zero-order chi connectivity index (χ0) is 25.7. The average molecular weight is 565 g/mol. The molecule has 8 nitrogen and oxygen atoms in total. The van der Waals surface area contributed by atoms with E-state index in [9.17, 15) is 19.6 Å². The molecule has 0 atom stereocenters. The zero-order valence-corrected chi connectivity index (χ0v) is 21.7. The molecule has 2 N–H and O–H groups in total. The van der Waals surface area contributed by atoms with Crippen LogP contribution in [0.2, 0.25) is 0 Å². The van der Waals surface area contributed by atoms with Crippen molar-refractivity contribution in [1.29, 1.82) is 5.26 Å². The minimum Gasteiger partial charge on any atom is -0.422 e. The monoisotopic (exact) mass is 564 g/mol. The molecule has 0 radical (unpaired) electrons. The summed E-state index contributed by atoms with van der Waals surface area (Å²) in [6, 6.07) is 14.1. The highest BCUT2D eigenvalue weighted by atomic mass is 79.9. The van der Waals surface area contributed by atoms with Gasteiger partial charge >= 0.3 is 17.8 Å². The number of nitriles is 1. The molecule has 0 saturated carbocycles. The van der Waals surface area contributed by atoms with Crippen LogP contribution in [0, 0.1) is 18.3 Å². The predicted octanol–water partition coefficient (Wildman–Crippen LogP) is 4.88. The lowest BCUT2D eigenvalue weighted by atomic mass is 9.96. The van der Waals surface area contributed by atoms with Crippen LogP contribution in [0.4, 0.5) is 5.00 Å². The van der Waals surface area contributed by atoms with Crippen molar-refractivity contribution in [3.05, 3.63) is 79.6 Å². The number of hydrazone groups is 1. The fourth-order valence-corrected chi connectivity index (χ4v) is 5.40. The van der Waals surface area contributed by atoms with E-state index in [0.717, 1.165) is 41.7 Å². The Kier molecular flexibility index (Phi) is 7.93. The minimum atomic E-state index is -0.991. The first kappa shape index (κ1) is 25.3. The molecule has 36 heavy (non-hydrogen) atoms. The van der Waals surface area contributed by atoms with Crippen molar-refractivity contribution in [2.24, 2.45) is 5.10 Å². The largest absolute Gasteiger partial charge is 0.422 e. The van der Waals surface area contributed by atoms with Gasteiger partial charge in [-0.05, 0) is 68.5 Å². The van der Waals surface area contributed by atoms with E-state index in [1.807, 2.05) is 13.0 Å². The van der Waals surface area contributed by atoms with E-state index in [1.54, 1.807) is 36.4 Å². The number of amides is 2. The van der Waals surface area contributed by atoms with Gasteiger partial charge in [-0.25, -0.2) is 10.2 Å². The van der Waals surface area contributed by atoms with E-state index in [0.29, 0.717) is 26.2 Å². The summed E-state index contributed by atoms with van der Waals surface area (Å²) in [6.45, 7) is 1.88. The summed E-state index contributed by atoms with van der Waals surface area (Å²) in [6.07, 6.45) is 4.98. The first-order valence-electron chi connectivity index (χ1n) is 11.1. The summed E-state index contributed by atoms with van der Waals surface area (Å²) in [7, 11) is 0. The molecule has 1 heterocycles. The molecule has 0 unspecified atom stereocenters. The normalized spacial score (nSPS) is 12.5. The lowest BCUT2D eigenvalue weighted by molar-refractivity contribution is -0.136. The fraction of sp³-hybridized carbons (Fsp3) is 0.192. The summed E-state index contributed by atoms with van der Waals surface area (Å²) < 4.78 is 6.22. The summed E-state index contributed by atoms with van der Waals surface area (Å²) in [4.78, 5) is 38.4. The van der Waals surface area contributed by atoms with Gasteiger partial charge in [0.05, 0.1) is 17.3 Å². The van der Waals surface area contributed by atoms with Gasteiger partial charge in [-0.15, -0.1) is 11.3 Å². The van der Waals surface area contributed by atoms with Gasteiger partial charge in [-0.3, -0.25) is 9.59 Å². The molecular weight excluding hydrogens is 544 g/mol. The van der Waals surface area contributed by atoms with E-state index in [4.69, 9.17) is 4.74 Å². The molecule has 2 amide bonds. The summed E-state index contributed by atoms with van der Waals surface area (Å²) in [5.41, 5.74) is 5.29. The van der Waals surface area contributed by atoms with Crippen LogP contribution in [0.5, 0.6) is 5.75 Å². The third-order valence-corrected chi connectivity index (χ3v) is 7.21. The number of hydrogen-bond acceptors (Lipinski definition) is 7. The van der Waals surface area contributed by atoms with Crippen molar-refractivity contribution in [2.45, 2.75) is 32.6 Å². The Balaban J connectivity index is 1.42. The number of nitrogens with zero attached hydrogens (tertiary/aromatic N) is 2. The van der Waals surface area contributed by atoms with Crippen molar-refractivity contribution in [3.63, 3.8) is 0 Å². The number of esters is 1. The van der Waals surface area contributed by atoms with Gasteiger partial charge in [0.1, 0.15) is 16.8 Å². The maximum Gasteiger partial charge on any atom is 0.343 e. The Labute approximate surface area is 220 Å². The van der Waals surface area contributed by atoms with Crippen LogP contribution in [0.15, 0.2) is 52.0 Å². The molecule has 1 aliphatic carbocycles. The SMILES string of the molecule is Cc1cccc(C(=O)Oc2ccc(Br)cc2/C=N/NC(=O)C(=O)Nc2sc3c(c2C#N)CCCC3)c1. The van der Waals surface area contributed by atoms with E-state index in [1.165, 1.54) is 17.6 Å². The van der Waals surface area contributed by atoms with Crippen LogP contribution in [-0.4, -0.2) is 24.0 Å². The number of anilines is 1. The second kappa shape index (κ2) is 11.3. The topological polar surface area (TPSA) is 121 Å². The Morgan fingerprint density at radius 2 is 1.94 bits per heavy atom. The van der Waals surface area contributed by atoms with Crippen LogP contribution in [0.1, 0.15) is 50.3 Å². The third-order valence-electron chi connectivity index (χ3n) is 5.51. The van der Waals surface area contributed by atoms with Gasteiger partial charge in [0, 0.05) is 14.9 Å². The van der Waals surface area contributed by atoms with Gasteiger partial charge in [0.25, 0.3) is 0 Å². The highest BCUT2D eigenvalue weighted by molar-refractivity contribution is 9.10. The average Bonchev–Trinajstić information content (AvgIpc) is 3.22. The third kappa shape index (κ3) is 5.87. The van der Waals surface area contributed by atoms with Gasteiger partial charge in [-0.1, -0.05) is 33.6 Å². The van der Waals surface area contributed by atoms with Gasteiger partial charge < -0.3 is 10.1 Å². The van der Waals surface area contributed by atoms with Gasteiger partial charge in [0.2, 0.25) is 0 Å². The number of aryl methyl sites for hydroxylation is 2. The number of nitrogens with one attached hydrogen (secondary N) is 2. The number of rotatable bonds is 5. The summed E-state index contributed by atoms with van der Waals surface area (Å²) >= 11 is 4.69.